The van der Waals surface area contributed by atoms with Crippen molar-refractivity contribution in [1.29, 1.82) is 0 Å². The lowest BCUT2D eigenvalue weighted by atomic mass is 9.86. The Morgan fingerprint density at radius 3 is 1.18 bits per heavy atom. The summed E-state index contributed by atoms with van der Waals surface area (Å²) in [5, 5.41) is 80.5. The molecule has 1 aliphatic carbocycles. The number of fused-ring (bicyclic) bond motifs is 3. The zero-order valence-corrected chi connectivity index (χ0v) is 83.5. The van der Waals surface area contributed by atoms with Crippen LogP contribution in [0.15, 0.2) is 340 Å². The van der Waals surface area contributed by atoms with Gasteiger partial charge in [0, 0.05) is 179 Å². The number of amides is 8. The Kier molecular flexibility index (Phi) is 45.8. The van der Waals surface area contributed by atoms with E-state index < -0.39 is 12.5 Å². The van der Waals surface area contributed by atoms with Crippen molar-refractivity contribution in [1.82, 2.24) is 25.4 Å². The van der Waals surface area contributed by atoms with Gasteiger partial charge in [0.05, 0.1) is 45.1 Å². The Morgan fingerprint density at radius 1 is 0.372 bits per heavy atom. The highest BCUT2D eigenvalue weighted by molar-refractivity contribution is 6.11. The number of carbonyl (C=O) groups excluding carboxylic acids is 11. The van der Waals surface area contributed by atoms with Gasteiger partial charge in [-0.2, -0.15) is 0 Å². The van der Waals surface area contributed by atoms with Gasteiger partial charge >= 0.3 is 0 Å². The molecule has 0 bridgehead atoms. The molecule has 0 unspecified atom stereocenters. The monoisotopic (exact) mass is 2000 g/mol. The zero-order valence-electron chi connectivity index (χ0n) is 83.5. The lowest BCUT2D eigenvalue weighted by Crippen LogP contribution is -2.37. The molecule has 2 aromatic heterocycles. The molecular formula is C117H128N12O19. The largest absolute Gasteiger partial charge is 0.395 e. The molecule has 0 radical (unpaired) electrons. The van der Waals surface area contributed by atoms with E-state index in [1.807, 2.05) is 267 Å². The molecule has 31 heteroatoms. The Bertz CT molecular complexity index is 6680. The second-order valence-corrected chi connectivity index (χ2v) is 34.1. The summed E-state index contributed by atoms with van der Waals surface area (Å²) in [5.41, 5.74) is 18.8. The smallest absolute Gasteiger partial charge is 0.275 e. The number of rotatable bonds is 40. The molecule has 0 spiro atoms. The predicted octanol–water partition coefficient (Wildman–Crippen LogP) is 15.5. The number of hydrogen-bond acceptors (Lipinski definition) is 21. The quantitative estimate of drug-likeness (QED) is 0.00964. The first-order valence-corrected chi connectivity index (χ1v) is 48.8. The van der Waals surface area contributed by atoms with Gasteiger partial charge in [-0.1, -0.05) is 178 Å². The summed E-state index contributed by atoms with van der Waals surface area (Å²) in [5.74, 6) is -1.66. The Hall–Kier alpha value is -16.5. The summed E-state index contributed by atoms with van der Waals surface area (Å²) in [6.45, 7) is 10.1. The SMILES string of the molecule is C=C(Cc1ccc(C(=O)N(CCO)c2ccccc2)cc1)NO.CC(=O)c1cn(CC(=O)N(CCO)c2ccccc2)c2ccccc12.CCC(=O)CCc1ccc(C(=O)N(CCO)c2ccccc2)cc1.CCCN(C(=O)Cn1ccc2c(C(=O)NO)cccc21)c1ccccc1.CNC(=O)c1ccc(C(=O)N(CCO)c2ccccc2)cc1.O=C(CO)c1ccc(NCC(=O)N(CCO)c2ccccc2)c2c1CCCC2. The molecule has 2 heterocycles. The molecule has 0 saturated heterocycles. The van der Waals surface area contributed by atoms with Gasteiger partial charge in [0.2, 0.25) is 17.7 Å². The maximum atomic E-state index is 12.9. The summed E-state index contributed by atoms with van der Waals surface area (Å²) < 4.78 is 3.61. The highest BCUT2D eigenvalue weighted by Crippen LogP contribution is 2.33. The van der Waals surface area contributed by atoms with Crippen LogP contribution >= 0.6 is 0 Å². The molecule has 148 heavy (non-hydrogen) atoms. The van der Waals surface area contributed by atoms with E-state index in [-0.39, 0.29) is 144 Å². The number of nitrogens with one attached hydrogen (secondary N) is 4. The van der Waals surface area contributed by atoms with E-state index in [9.17, 15) is 83.4 Å². The summed E-state index contributed by atoms with van der Waals surface area (Å²) in [6, 6.07) is 94.8. The number of aliphatic hydroxyl groups is 6. The maximum Gasteiger partial charge on any atom is 0.275 e. The molecule has 14 aromatic rings. The third-order valence-electron chi connectivity index (χ3n) is 24.1. The van der Waals surface area contributed by atoms with Crippen LogP contribution in [0.4, 0.5) is 39.8 Å². The molecule has 12 aromatic carbocycles. The first-order valence-electron chi connectivity index (χ1n) is 48.8. The minimum Gasteiger partial charge on any atom is -0.395 e. The summed E-state index contributed by atoms with van der Waals surface area (Å²) in [4.78, 5) is 145. The van der Waals surface area contributed by atoms with Crippen molar-refractivity contribution in [3.8, 4) is 0 Å². The topological polar surface area (TPSA) is 427 Å². The van der Waals surface area contributed by atoms with Crippen molar-refractivity contribution in [2.75, 3.05) is 127 Å². The molecule has 0 fully saturated rings. The molecule has 31 nitrogen and oxygen atoms in total. The van der Waals surface area contributed by atoms with Crippen LogP contribution in [0.5, 0.6) is 0 Å². The number of hydrogen-bond donors (Lipinski definition) is 12. The van der Waals surface area contributed by atoms with Gasteiger partial charge in [-0.05, 0) is 225 Å². The fourth-order valence-corrected chi connectivity index (χ4v) is 16.7. The molecule has 0 aliphatic heterocycles. The van der Waals surface area contributed by atoms with Crippen molar-refractivity contribution in [2.24, 2.45) is 0 Å². The lowest BCUT2D eigenvalue weighted by molar-refractivity contribution is -0.120. The first kappa shape index (κ1) is 113. The number of aliphatic hydroxyl groups excluding tert-OH is 6. The Morgan fingerprint density at radius 2 is 0.757 bits per heavy atom. The van der Waals surface area contributed by atoms with E-state index in [1.165, 1.54) is 11.8 Å². The van der Waals surface area contributed by atoms with Gasteiger partial charge in [-0.3, -0.25) is 68.6 Å². The highest BCUT2D eigenvalue weighted by Gasteiger charge is 2.27. The third kappa shape index (κ3) is 32.3. The number of para-hydroxylation sites is 7. The number of anilines is 7. The Labute approximate surface area is 860 Å². The first-order chi connectivity index (χ1) is 71.9. The number of ketones is 3. The molecule has 0 atom stereocenters. The van der Waals surface area contributed by atoms with Crippen LogP contribution in [0.25, 0.3) is 21.8 Å². The Balaban J connectivity index is 0.000000182. The molecule has 15 rings (SSSR count). The van der Waals surface area contributed by atoms with E-state index in [2.05, 4.69) is 17.2 Å². The fraction of sp³-hybridized carbons (Fsp3) is 0.239. The summed E-state index contributed by atoms with van der Waals surface area (Å²) >= 11 is 0. The second-order valence-electron chi connectivity index (χ2n) is 34.1. The average Bonchev–Trinajstić information content (AvgIpc) is 1.63. The predicted molar refractivity (Wildman–Crippen MR) is 577 cm³/mol. The number of aryl methyl sites for hydroxylation is 1. The third-order valence-corrected chi connectivity index (χ3v) is 24.1. The van der Waals surface area contributed by atoms with Gasteiger partial charge < -0.3 is 79.8 Å². The second kappa shape index (κ2) is 59.7. The fourth-order valence-electron chi connectivity index (χ4n) is 16.7. The number of aromatic nitrogens is 2. The standard InChI is InChI=1S/C22H26N2O4.C20H21N3O3.C20H20N2O3.C20H23NO3.C18H20N2O3.C17H18N2O3/c25-13-12-24(16-6-2-1-3-7-16)22(28)14-23-20-11-10-19(21(27)15-26)17-8-4-5-9-18(17)20;1-2-12-23(15-7-4-3-5-8-15)19(24)14-22-13-11-16-17(20(25)21-26)9-6-10-18(16)22;1-15(24)18-13-21(19-10-6-5-9-17(18)19)14-20(25)22(11-12-23)16-7-3-2-4-8-16;1-2-19(23)13-10-16-8-11-17(12-9-16)20(24)21(14-15-22)18-6-4-3-5-7-18;1-14(19-23)13-15-7-9-16(10-8-15)18(22)20(11-12-21)17-5-3-2-4-6-17;1-18-16(21)13-7-9-14(10-8-13)17(22)19(11-12-20)15-5-3-2-4-6-15/h1-3,6-7,10-11,23,25-26H,4-5,8-9,12-15H2;3-11,13,26H,2,12,14H2,1H3,(H,21,25);2-10,13,23H,11-12,14H2,1H3;3-9,11-12,22H,2,10,13-15H2,1H3;2-10,19,21,23H,1,11-13H2;2-10,20H,11-12H2,1H3,(H,18,21). The number of allylic oxidation sites excluding steroid dienone is 1. The van der Waals surface area contributed by atoms with Gasteiger partial charge in [0.15, 0.2) is 11.6 Å². The minimum atomic E-state index is -0.573. The molecule has 8 amide bonds. The van der Waals surface area contributed by atoms with Crippen molar-refractivity contribution < 1.29 is 93.8 Å². The normalized spacial score (nSPS) is 10.9. The van der Waals surface area contributed by atoms with E-state index in [4.69, 9.17) is 10.4 Å². The summed E-state index contributed by atoms with van der Waals surface area (Å²) in [7, 11) is 1.56. The number of nitrogens with zero attached hydrogens (tertiary/aromatic N) is 8. The highest BCUT2D eigenvalue weighted by atomic mass is 16.5. The van der Waals surface area contributed by atoms with E-state index in [0.717, 1.165) is 111 Å². The van der Waals surface area contributed by atoms with Crippen molar-refractivity contribution in [2.45, 2.75) is 91.6 Å². The lowest BCUT2D eigenvalue weighted by Gasteiger charge is -2.25. The van der Waals surface area contributed by atoms with E-state index in [0.29, 0.717) is 82.3 Å². The van der Waals surface area contributed by atoms with Crippen LogP contribution < -0.4 is 51.0 Å². The number of carbonyl (C=O) groups is 11. The van der Waals surface area contributed by atoms with Crippen molar-refractivity contribution in [3.05, 3.63) is 401 Å². The van der Waals surface area contributed by atoms with Crippen LogP contribution in [0.1, 0.15) is 148 Å². The van der Waals surface area contributed by atoms with Crippen LogP contribution in [0.2, 0.25) is 0 Å². The zero-order chi connectivity index (χ0) is 106. The van der Waals surface area contributed by atoms with Crippen LogP contribution in [-0.2, 0) is 58.0 Å². The molecule has 1 aliphatic rings. The molecule has 12 N–H and O–H groups in total. The molecular weight excluding hydrogens is 1880 g/mol. The van der Waals surface area contributed by atoms with E-state index >= 15 is 0 Å². The van der Waals surface area contributed by atoms with Gasteiger partial charge in [0.1, 0.15) is 25.5 Å². The van der Waals surface area contributed by atoms with E-state index in [1.54, 1.807) is 127 Å². The van der Waals surface area contributed by atoms with Crippen LogP contribution in [0, 0.1) is 0 Å². The number of benzene rings is 12. The van der Waals surface area contributed by atoms with Gasteiger partial charge in [-0.15, -0.1) is 0 Å². The van der Waals surface area contributed by atoms with Crippen molar-refractivity contribution in [3.63, 3.8) is 0 Å². The molecule has 0 saturated carbocycles. The molecule has 770 valence electrons. The van der Waals surface area contributed by atoms with Crippen molar-refractivity contribution >= 4 is 126 Å². The van der Waals surface area contributed by atoms with Crippen LogP contribution in [0.3, 0.4) is 0 Å². The average molecular weight is 2010 g/mol. The minimum absolute atomic E-state index is 0.0208. The summed E-state index contributed by atoms with van der Waals surface area (Å²) in [6.07, 6.45) is 10.3. The number of hydroxylamine groups is 2. The van der Waals surface area contributed by atoms with Crippen LogP contribution in [-0.4, -0.2) is 207 Å². The number of Topliss-reactive ketones (excluding diaryl/α,β-unsaturated/α-hetero) is 3. The van der Waals surface area contributed by atoms with Gasteiger partial charge in [-0.25, -0.2) is 5.48 Å². The van der Waals surface area contributed by atoms with Gasteiger partial charge in [0.25, 0.3) is 29.5 Å². The maximum absolute atomic E-state index is 12.9.